The van der Waals surface area contributed by atoms with Gasteiger partial charge in [0.2, 0.25) is 5.91 Å². The van der Waals surface area contributed by atoms with Crippen molar-refractivity contribution in [3.8, 4) is 0 Å². The highest BCUT2D eigenvalue weighted by atomic mass is 19.1. The molecule has 1 aromatic rings. The molecule has 3 unspecified atom stereocenters. The van der Waals surface area contributed by atoms with Crippen molar-refractivity contribution in [2.75, 3.05) is 19.0 Å². The number of ether oxygens (including phenoxy) is 1. The summed E-state index contributed by atoms with van der Waals surface area (Å²) in [6.07, 6.45) is 5.10. The van der Waals surface area contributed by atoms with Crippen LogP contribution in [0.3, 0.4) is 0 Å². The third kappa shape index (κ3) is 3.43. The summed E-state index contributed by atoms with van der Waals surface area (Å²) in [7, 11) is 1.38. The number of carbonyl (C=O) groups excluding carboxylic acids is 2. The van der Waals surface area contributed by atoms with E-state index < -0.39 is 5.82 Å². The lowest BCUT2D eigenvalue weighted by molar-refractivity contribution is -0.146. The molecule has 130 valence electrons. The van der Waals surface area contributed by atoms with Crippen LogP contribution in [0.25, 0.3) is 0 Å². The van der Waals surface area contributed by atoms with Gasteiger partial charge in [0.1, 0.15) is 11.9 Å². The van der Waals surface area contributed by atoms with Crippen molar-refractivity contribution < 1.29 is 18.7 Å². The maximum Gasteiger partial charge on any atom is 0.323 e. The Morgan fingerprint density at radius 2 is 2.04 bits per heavy atom. The van der Waals surface area contributed by atoms with Gasteiger partial charge in [0.15, 0.2) is 0 Å². The highest BCUT2D eigenvalue weighted by molar-refractivity contribution is 5.92. The first kappa shape index (κ1) is 16.9. The first-order valence-electron chi connectivity index (χ1n) is 8.48. The van der Waals surface area contributed by atoms with Crippen LogP contribution in [-0.2, 0) is 14.3 Å². The average Bonchev–Trinajstić information content (AvgIpc) is 2.95. The smallest absolute Gasteiger partial charge is 0.323 e. The summed E-state index contributed by atoms with van der Waals surface area (Å²) in [6.45, 7) is 0.0786. The maximum absolute atomic E-state index is 13.7. The van der Waals surface area contributed by atoms with Crippen LogP contribution in [0.5, 0.6) is 0 Å². The number of nitrogens with one attached hydrogen (secondary N) is 1. The Balaban J connectivity index is 1.71. The summed E-state index contributed by atoms with van der Waals surface area (Å²) in [6, 6.07) is 5.93. The third-order valence-corrected chi connectivity index (χ3v) is 5.17. The van der Waals surface area contributed by atoms with Gasteiger partial charge >= 0.3 is 5.97 Å². The van der Waals surface area contributed by atoms with Crippen molar-refractivity contribution >= 4 is 17.6 Å². The standard InChI is InChI=1S/C18H23FN2O3/c1-24-18(23)16-10-12-6-2-5-9-15(12)21(16)11-17(22)20-14-8-4-3-7-13(14)19/h3-4,7-8,12,15-16H,2,5-6,9-11H2,1H3,(H,20,22). The zero-order valence-electron chi connectivity index (χ0n) is 13.8. The quantitative estimate of drug-likeness (QED) is 0.860. The van der Waals surface area contributed by atoms with Crippen LogP contribution >= 0.6 is 0 Å². The number of rotatable bonds is 4. The molecule has 1 aromatic carbocycles. The van der Waals surface area contributed by atoms with E-state index >= 15 is 0 Å². The zero-order chi connectivity index (χ0) is 17.1. The van der Waals surface area contributed by atoms with E-state index in [9.17, 15) is 14.0 Å². The molecule has 1 saturated carbocycles. The van der Waals surface area contributed by atoms with E-state index in [1.54, 1.807) is 12.1 Å². The Hall–Kier alpha value is -1.95. The molecule has 6 heteroatoms. The molecule has 3 rings (SSSR count). The van der Waals surface area contributed by atoms with Crippen LogP contribution in [0, 0.1) is 11.7 Å². The number of nitrogens with zero attached hydrogens (tertiary/aromatic N) is 1. The number of benzene rings is 1. The van der Waals surface area contributed by atoms with Gasteiger partial charge in [-0.3, -0.25) is 14.5 Å². The van der Waals surface area contributed by atoms with Crippen molar-refractivity contribution in [1.29, 1.82) is 0 Å². The summed E-state index contributed by atoms with van der Waals surface area (Å²) in [5.74, 6) is -0.625. The molecule has 0 bridgehead atoms. The van der Waals surface area contributed by atoms with Crippen LogP contribution in [0.1, 0.15) is 32.1 Å². The van der Waals surface area contributed by atoms with Gasteiger partial charge in [-0.2, -0.15) is 0 Å². The molecule has 1 N–H and O–H groups in total. The van der Waals surface area contributed by atoms with E-state index in [4.69, 9.17) is 4.74 Å². The average molecular weight is 334 g/mol. The summed E-state index contributed by atoms with van der Waals surface area (Å²) in [5, 5.41) is 2.60. The van der Waals surface area contributed by atoms with E-state index in [2.05, 4.69) is 5.32 Å². The predicted molar refractivity (Wildman–Crippen MR) is 87.9 cm³/mol. The number of anilines is 1. The Bertz CT molecular complexity index is 622. The second-order valence-corrected chi connectivity index (χ2v) is 6.59. The Morgan fingerprint density at radius 3 is 2.79 bits per heavy atom. The normalized spacial score (nSPS) is 26.7. The summed E-state index contributed by atoms with van der Waals surface area (Å²) in [5.41, 5.74) is 0.163. The number of likely N-dealkylation sites (tertiary alicyclic amines) is 1. The fraction of sp³-hybridized carbons (Fsp3) is 0.556. The van der Waals surface area contributed by atoms with E-state index in [-0.39, 0.29) is 36.2 Å². The van der Waals surface area contributed by atoms with Crippen LogP contribution in [-0.4, -0.2) is 42.5 Å². The predicted octanol–water partition coefficient (Wildman–Crippen LogP) is 2.57. The molecule has 1 aliphatic heterocycles. The lowest BCUT2D eigenvalue weighted by atomic mass is 9.85. The lowest BCUT2D eigenvalue weighted by Gasteiger charge is -2.32. The number of halogens is 1. The molecule has 3 atom stereocenters. The molecule has 1 heterocycles. The topological polar surface area (TPSA) is 58.6 Å². The molecule has 1 amide bonds. The Kier molecular flexibility index (Phi) is 5.14. The van der Waals surface area contributed by atoms with Crippen molar-refractivity contribution in [2.24, 2.45) is 5.92 Å². The van der Waals surface area contributed by atoms with Crippen LogP contribution < -0.4 is 5.32 Å². The lowest BCUT2D eigenvalue weighted by Crippen LogP contribution is -2.46. The van der Waals surface area contributed by atoms with Crippen LogP contribution in [0.4, 0.5) is 10.1 Å². The highest BCUT2D eigenvalue weighted by Crippen LogP contribution is 2.39. The zero-order valence-corrected chi connectivity index (χ0v) is 13.8. The van der Waals surface area contributed by atoms with Gasteiger partial charge in [-0.05, 0) is 37.3 Å². The molecular formula is C18H23FN2O3. The number of methoxy groups -OCH3 is 1. The first-order chi connectivity index (χ1) is 11.6. The Labute approximate surface area is 141 Å². The summed E-state index contributed by atoms with van der Waals surface area (Å²) in [4.78, 5) is 26.4. The van der Waals surface area contributed by atoms with Crippen molar-refractivity contribution in [3.05, 3.63) is 30.1 Å². The van der Waals surface area contributed by atoms with Gasteiger partial charge < -0.3 is 10.1 Å². The molecule has 0 aromatic heterocycles. The van der Waals surface area contributed by atoms with E-state index in [0.29, 0.717) is 5.92 Å². The monoisotopic (exact) mass is 334 g/mol. The minimum absolute atomic E-state index is 0.0786. The number of amides is 1. The number of para-hydroxylation sites is 1. The second-order valence-electron chi connectivity index (χ2n) is 6.59. The number of hydrogen-bond acceptors (Lipinski definition) is 4. The molecule has 5 nitrogen and oxygen atoms in total. The van der Waals surface area contributed by atoms with Gasteiger partial charge in [-0.1, -0.05) is 25.0 Å². The van der Waals surface area contributed by atoms with Crippen molar-refractivity contribution in [3.63, 3.8) is 0 Å². The first-order valence-corrected chi connectivity index (χ1v) is 8.48. The van der Waals surface area contributed by atoms with Gasteiger partial charge in [-0.25, -0.2) is 4.39 Å². The molecule has 2 fully saturated rings. The van der Waals surface area contributed by atoms with Gasteiger partial charge in [0.25, 0.3) is 0 Å². The summed E-state index contributed by atoms with van der Waals surface area (Å²) >= 11 is 0. The largest absolute Gasteiger partial charge is 0.468 e. The minimum atomic E-state index is -0.465. The minimum Gasteiger partial charge on any atom is -0.468 e. The highest BCUT2D eigenvalue weighted by Gasteiger charge is 2.46. The molecule has 1 saturated heterocycles. The fourth-order valence-electron chi connectivity index (χ4n) is 4.07. The van der Waals surface area contributed by atoms with E-state index in [0.717, 1.165) is 25.7 Å². The molecular weight excluding hydrogens is 311 g/mol. The van der Waals surface area contributed by atoms with E-state index in [1.807, 2.05) is 4.90 Å². The number of esters is 1. The molecule has 24 heavy (non-hydrogen) atoms. The van der Waals surface area contributed by atoms with Crippen molar-refractivity contribution in [1.82, 2.24) is 4.90 Å². The SMILES string of the molecule is COC(=O)C1CC2CCCCC2N1CC(=O)Nc1ccccc1F. The molecule has 2 aliphatic rings. The van der Waals surface area contributed by atoms with Gasteiger partial charge in [0.05, 0.1) is 19.3 Å². The molecule has 1 aliphatic carbocycles. The fourth-order valence-corrected chi connectivity index (χ4v) is 4.07. The van der Waals surface area contributed by atoms with Crippen LogP contribution in [0.15, 0.2) is 24.3 Å². The number of fused-ring (bicyclic) bond motifs is 1. The second kappa shape index (κ2) is 7.30. The van der Waals surface area contributed by atoms with Crippen molar-refractivity contribution in [2.45, 2.75) is 44.2 Å². The number of hydrogen-bond donors (Lipinski definition) is 1. The maximum atomic E-state index is 13.7. The Morgan fingerprint density at radius 1 is 1.29 bits per heavy atom. The van der Waals surface area contributed by atoms with E-state index in [1.165, 1.54) is 25.7 Å². The number of carbonyl (C=O) groups is 2. The summed E-state index contributed by atoms with van der Waals surface area (Å²) < 4.78 is 18.6. The van der Waals surface area contributed by atoms with Gasteiger partial charge in [0, 0.05) is 6.04 Å². The van der Waals surface area contributed by atoms with Crippen LogP contribution in [0.2, 0.25) is 0 Å². The third-order valence-electron chi connectivity index (χ3n) is 5.17. The van der Waals surface area contributed by atoms with Gasteiger partial charge in [-0.15, -0.1) is 0 Å². The molecule has 0 spiro atoms. The molecule has 0 radical (unpaired) electrons.